The second-order valence-corrected chi connectivity index (χ2v) is 8.44. The van der Waals surface area contributed by atoms with Crippen molar-refractivity contribution in [3.63, 3.8) is 0 Å². The number of hydrogen-bond acceptors (Lipinski definition) is 6. The standard InChI is InChI=1S/C25H30N4O3/c1-17-8-10-21(11-9-17)23-26-24(32-27-23)19(3)28-12-14-29(15-13-28)25(30)20(4)31-22-7-5-6-18(2)16-22/h5-11,16,19-20H,12-15H2,1-4H3. The quantitative estimate of drug-likeness (QED) is 0.583. The molecule has 2 aromatic carbocycles. The largest absolute Gasteiger partial charge is 0.481 e. The third kappa shape index (κ3) is 4.99. The smallest absolute Gasteiger partial charge is 0.263 e. The van der Waals surface area contributed by atoms with Crippen LogP contribution in [0.15, 0.2) is 53.1 Å². The molecule has 1 amide bonds. The van der Waals surface area contributed by atoms with Crippen LogP contribution in [-0.4, -0.2) is 58.1 Å². The Morgan fingerprint density at radius 2 is 1.72 bits per heavy atom. The second-order valence-electron chi connectivity index (χ2n) is 8.44. The summed E-state index contributed by atoms with van der Waals surface area (Å²) in [6.07, 6.45) is -0.520. The Kier molecular flexibility index (Phi) is 6.55. The number of benzene rings is 2. The molecule has 32 heavy (non-hydrogen) atoms. The van der Waals surface area contributed by atoms with Crippen LogP contribution in [0.5, 0.6) is 5.75 Å². The highest BCUT2D eigenvalue weighted by molar-refractivity contribution is 5.81. The molecule has 0 spiro atoms. The predicted octanol–water partition coefficient (Wildman–Crippen LogP) is 4.03. The zero-order valence-electron chi connectivity index (χ0n) is 19.1. The van der Waals surface area contributed by atoms with Gasteiger partial charge in [-0.1, -0.05) is 47.1 Å². The molecule has 7 heteroatoms. The summed E-state index contributed by atoms with van der Waals surface area (Å²) in [6.45, 7) is 10.7. The van der Waals surface area contributed by atoms with Crippen molar-refractivity contribution >= 4 is 5.91 Å². The fourth-order valence-corrected chi connectivity index (χ4v) is 3.91. The zero-order chi connectivity index (χ0) is 22.7. The summed E-state index contributed by atoms with van der Waals surface area (Å²) in [5.74, 6) is 1.93. The number of carbonyl (C=O) groups excluding carboxylic acids is 1. The zero-order valence-corrected chi connectivity index (χ0v) is 19.1. The van der Waals surface area contributed by atoms with Gasteiger partial charge in [-0.25, -0.2) is 0 Å². The van der Waals surface area contributed by atoms with E-state index in [9.17, 15) is 4.79 Å². The molecule has 0 bridgehead atoms. The van der Waals surface area contributed by atoms with Gasteiger partial charge < -0.3 is 14.2 Å². The van der Waals surface area contributed by atoms with E-state index in [1.54, 1.807) is 0 Å². The van der Waals surface area contributed by atoms with Crippen LogP contribution in [0.2, 0.25) is 0 Å². The Morgan fingerprint density at radius 1 is 1.00 bits per heavy atom. The molecule has 7 nitrogen and oxygen atoms in total. The van der Waals surface area contributed by atoms with E-state index in [4.69, 9.17) is 9.26 Å². The van der Waals surface area contributed by atoms with Gasteiger partial charge in [-0.15, -0.1) is 0 Å². The minimum Gasteiger partial charge on any atom is -0.481 e. The number of hydrogen-bond donors (Lipinski definition) is 0. The summed E-state index contributed by atoms with van der Waals surface area (Å²) in [5.41, 5.74) is 3.24. The molecule has 1 fully saturated rings. The lowest BCUT2D eigenvalue weighted by atomic mass is 10.1. The molecule has 1 aliphatic heterocycles. The predicted molar refractivity (Wildman–Crippen MR) is 122 cm³/mol. The molecule has 1 aliphatic rings. The van der Waals surface area contributed by atoms with Crippen LogP contribution in [0.3, 0.4) is 0 Å². The van der Waals surface area contributed by atoms with Crippen molar-refractivity contribution in [2.75, 3.05) is 26.2 Å². The first-order valence-corrected chi connectivity index (χ1v) is 11.1. The number of rotatable bonds is 6. The summed E-state index contributed by atoms with van der Waals surface area (Å²) in [5, 5.41) is 4.15. The Morgan fingerprint density at radius 3 is 2.41 bits per heavy atom. The Balaban J connectivity index is 1.32. The third-order valence-electron chi connectivity index (χ3n) is 5.93. The minimum absolute atomic E-state index is 0.0123. The van der Waals surface area contributed by atoms with Gasteiger partial charge in [0.2, 0.25) is 11.7 Å². The van der Waals surface area contributed by atoms with Crippen LogP contribution in [0.25, 0.3) is 11.4 Å². The number of nitrogens with zero attached hydrogens (tertiary/aromatic N) is 4. The molecule has 2 atom stereocenters. The van der Waals surface area contributed by atoms with Gasteiger partial charge in [0.1, 0.15) is 5.75 Å². The molecule has 1 saturated heterocycles. The third-order valence-corrected chi connectivity index (χ3v) is 5.93. The van der Waals surface area contributed by atoms with E-state index in [1.807, 2.05) is 74.2 Å². The van der Waals surface area contributed by atoms with E-state index in [1.165, 1.54) is 5.56 Å². The van der Waals surface area contributed by atoms with Crippen LogP contribution in [0.1, 0.15) is 36.9 Å². The van der Waals surface area contributed by atoms with E-state index in [0.29, 0.717) is 24.8 Å². The van der Waals surface area contributed by atoms with Gasteiger partial charge in [0, 0.05) is 31.7 Å². The van der Waals surface area contributed by atoms with E-state index in [-0.39, 0.29) is 11.9 Å². The van der Waals surface area contributed by atoms with Crippen molar-refractivity contribution in [1.29, 1.82) is 0 Å². The SMILES string of the molecule is Cc1ccc(-c2noc(C(C)N3CCN(C(=O)C(C)Oc4cccc(C)c4)CC3)n2)cc1. The normalized spacial score (nSPS) is 16.6. The van der Waals surface area contributed by atoms with Crippen molar-refractivity contribution in [2.24, 2.45) is 0 Å². The lowest BCUT2D eigenvalue weighted by Gasteiger charge is -2.37. The van der Waals surface area contributed by atoms with Gasteiger partial charge in [-0.3, -0.25) is 9.69 Å². The number of carbonyl (C=O) groups is 1. The van der Waals surface area contributed by atoms with Crippen LogP contribution >= 0.6 is 0 Å². The molecular weight excluding hydrogens is 404 g/mol. The molecule has 0 saturated carbocycles. The first-order chi connectivity index (χ1) is 15.4. The molecule has 0 aliphatic carbocycles. The Bertz CT molecular complexity index is 1060. The monoisotopic (exact) mass is 434 g/mol. The number of ether oxygens (including phenoxy) is 1. The van der Waals surface area contributed by atoms with Gasteiger partial charge in [-0.05, 0) is 45.4 Å². The summed E-state index contributed by atoms with van der Waals surface area (Å²) >= 11 is 0. The average Bonchev–Trinajstić information content (AvgIpc) is 3.29. The van der Waals surface area contributed by atoms with Crippen molar-refractivity contribution in [2.45, 2.75) is 39.8 Å². The number of amides is 1. The lowest BCUT2D eigenvalue weighted by Crippen LogP contribution is -2.52. The molecule has 0 N–H and O–H groups in total. The lowest BCUT2D eigenvalue weighted by molar-refractivity contribution is -0.140. The summed E-state index contributed by atoms with van der Waals surface area (Å²) < 4.78 is 11.4. The van der Waals surface area contributed by atoms with E-state index < -0.39 is 6.10 Å². The van der Waals surface area contributed by atoms with Crippen molar-refractivity contribution < 1.29 is 14.1 Å². The van der Waals surface area contributed by atoms with Gasteiger partial charge in [-0.2, -0.15) is 4.98 Å². The van der Waals surface area contributed by atoms with Gasteiger partial charge >= 0.3 is 0 Å². The summed E-state index contributed by atoms with van der Waals surface area (Å²) in [6, 6.07) is 15.8. The van der Waals surface area contributed by atoms with Crippen LogP contribution in [0.4, 0.5) is 0 Å². The Labute approximate surface area is 189 Å². The minimum atomic E-state index is -0.520. The second kappa shape index (κ2) is 9.53. The van der Waals surface area contributed by atoms with Crippen molar-refractivity contribution in [3.05, 3.63) is 65.5 Å². The summed E-state index contributed by atoms with van der Waals surface area (Å²) in [7, 11) is 0. The number of aryl methyl sites for hydroxylation is 2. The molecular formula is C25H30N4O3. The molecule has 0 radical (unpaired) electrons. The number of piperazine rings is 1. The van der Waals surface area contributed by atoms with Gasteiger partial charge in [0.15, 0.2) is 6.10 Å². The van der Waals surface area contributed by atoms with E-state index in [0.717, 1.165) is 30.0 Å². The van der Waals surface area contributed by atoms with Gasteiger partial charge in [0.25, 0.3) is 5.91 Å². The Hall–Kier alpha value is -3.19. The van der Waals surface area contributed by atoms with Crippen LogP contribution in [0, 0.1) is 13.8 Å². The van der Waals surface area contributed by atoms with Crippen molar-refractivity contribution in [1.82, 2.24) is 19.9 Å². The molecule has 1 aromatic heterocycles. The molecule has 2 heterocycles. The highest BCUT2D eigenvalue weighted by atomic mass is 16.5. The van der Waals surface area contributed by atoms with Crippen LogP contribution in [-0.2, 0) is 4.79 Å². The van der Waals surface area contributed by atoms with Crippen LogP contribution < -0.4 is 4.74 Å². The number of aromatic nitrogens is 2. The van der Waals surface area contributed by atoms with Crippen molar-refractivity contribution in [3.8, 4) is 17.1 Å². The highest BCUT2D eigenvalue weighted by Gasteiger charge is 2.30. The fourth-order valence-electron chi connectivity index (χ4n) is 3.91. The van der Waals surface area contributed by atoms with E-state index >= 15 is 0 Å². The maximum absolute atomic E-state index is 12.9. The average molecular weight is 435 g/mol. The molecule has 168 valence electrons. The first-order valence-electron chi connectivity index (χ1n) is 11.1. The highest BCUT2D eigenvalue weighted by Crippen LogP contribution is 2.24. The molecule has 4 rings (SSSR count). The molecule has 2 unspecified atom stereocenters. The maximum atomic E-state index is 12.9. The fraction of sp³-hybridized carbons (Fsp3) is 0.400. The summed E-state index contributed by atoms with van der Waals surface area (Å²) in [4.78, 5) is 21.6. The van der Waals surface area contributed by atoms with Gasteiger partial charge in [0.05, 0.1) is 6.04 Å². The van der Waals surface area contributed by atoms with E-state index in [2.05, 4.69) is 22.0 Å². The molecule has 3 aromatic rings. The topological polar surface area (TPSA) is 71.7 Å². The first kappa shape index (κ1) is 22.0. The maximum Gasteiger partial charge on any atom is 0.263 e.